The third-order valence-electron chi connectivity index (χ3n) is 2.41. The van der Waals surface area contributed by atoms with Gasteiger partial charge in [0, 0.05) is 11.3 Å². The van der Waals surface area contributed by atoms with Crippen molar-refractivity contribution >= 4 is 12.2 Å². The van der Waals surface area contributed by atoms with Crippen molar-refractivity contribution in [1.29, 1.82) is 0 Å². The van der Waals surface area contributed by atoms with Crippen LogP contribution in [0.3, 0.4) is 0 Å². The summed E-state index contributed by atoms with van der Waals surface area (Å²) < 4.78 is 39.1. The van der Waals surface area contributed by atoms with E-state index in [0.29, 0.717) is 5.69 Å². The standard InChI is InChI=1S/C14H10F3N/c1-9-3-2-4-11(18-9)7-5-10-6-8-12(15)14(17)13(10)16/h2-8H,1H3/b7-5+. The minimum absolute atomic E-state index is 0.0165. The Balaban J connectivity index is 2.32. The van der Waals surface area contributed by atoms with Crippen molar-refractivity contribution in [3.8, 4) is 0 Å². The van der Waals surface area contributed by atoms with Crippen LogP contribution in [0.25, 0.3) is 12.2 Å². The van der Waals surface area contributed by atoms with E-state index in [0.717, 1.165) is 11.8 Å². The normalized spacial score (nSPS) is 11.1. The summed E-state index contributed by atoms with van der Waals surface area (Å²) in [7, 11) is 0. The van der Waals surface area contributed by atoms with E-state index in [1.807, 2.05) is 19.1 Å². The largest absolute Gasteiger partial charge is 0.254 e. The Bertz CT molecular complexity index is 606. The Kier molecular flexibility index (Phi) is 3.46. The zero-order chi connectivity index (χ0) is 13.1. The topological polar surface area (TPSA) is 12.9 Å². The second-order valence-corrected chi connectivity index (χ2v) is 3.80. The van der Waals surface area contributed by atoms with E-state index in [1.54, 1.807) is 12.1 Å². The Morgan fingerprint density at radius 2 is 1.72 bits per heavy atom. The van der Waals surface area contributed by atoms with Crippen molar-refractivity contribution in [2.75, 3.05) is 0 Å². The van der Waals surface area contributed by atoms with E-state index in [2.05, 4.69) is 4.98 Å². The molecule has 0 radical (unpaired) electrons. The molecule has 0 amide bonds. The molecule has 0 bridgehead atoms. The van der Waals surface area contributed by atoms with Crippen molar-refractivity contribution in [3.05, 3.63) is 64.7 Å². The quantitative estimate of drug-likeness (QED) is 0.734. The molecule has 0 saturated heterocycles. The van der Waals surface area contributed by atoms with E-state index >= 15 is 0 Å². The number of aromatic nitrogens is 1. The molecule has 0 aliphatic heterocycles. The maximum Gasteiger partial charge on any atom is 0.195 e. The Morgan fingerprint density at radius 1 is 0.944 bits per heavy atom. The molecule has 2 rings (SSSR count). The molecule has 0 aliphatic carbocycles. The lowest BCUT2D eigenvalue weighted by Crippen LogP contribution is -1.93. The van der Waals surface area contributed by atoms with Gasteiger partial charge in [-0.15, -0.1) is 0 Å². The highest BCUT2D eigenvalue weighted by Crippen LogP contribution is 2.17. The van der Waals surface area contributed by atoms with Crippen molar-refractivity contribution in [2.24, 2.45) is 0 Å². The van der Waals surface area contributed by atoms with Gasteiger partial charge < -0.3 is 0 Å². The van der Waals surface area contributed by atoms with Gasteiger partial charge in [0.2, 0.25) is 0 Å². The predicted octanol–water partition coefficient (Wildman–Crippen LogP) is 3.98. The van der Waals surface area contributed by atoms with Crippen LogP contribution in [-0.2, 0) is 0 Å². The van der Waals surface area contributed by atoms with Gasteiger partial charge in [-0.2, -0.15) is 0 Å². The maximum absolute atomic E-state index is 13.4. The molecule has 4 heteroatoms. The number of nitrogens with zero attached hydrogens (tertiary/aromatic N) is 1. The maximum atomic E-state index is 13.4. The molecule has 0 unspecified atom stereocenters. The van der Waals surface area contributed by atoms with Gasteiger partial charge in [0.1, 0.15) is 0 Å². The smallest absolute Gasteiger partial charge is 0.195 e. The fourth-order valence-corrected chi connectivity index (χ4v) is 1.50. The number of rotatable bonds is 2. The minimum atomic E-state index is -1.46. The molecule has 1 aromatic carbocycles. The number of halogens is 3. The van der Waals surface area contributed by atoms with Gasteiger partial charge in [-0.25, -0.2) is 13.2 Å². The minimum Gasteiger partial charge on any atom is -0.254 e. The second-order valence-electron chi connectivity index (χ2n) is 3.80. The molecule has 2 aromatic rings. The monoisotopic (exact) mass is 249 g/mol. The molecule has 18 heavy (non-hydrogen) atoms. The molecule has 0 fully saturated rings. The molecule has 92 valence electrons. The van der Waals surface area contributed by atoms with Crippen LogP contribution >= 0.6 is 0 Å². The average Bonchev–Trinajstić information content (AvgIpc) is 2.35. The third-order valence-corrected chi connectivity index (χ3v) is 2.41. The molecule has 0 spiro atoms. The van der Waals surface area contributed by atoms with Crippen LogP contribution < -0.4 is 0 Å². The number of hydrogen-bond acceptors (Lipinski definition) is 1. The summed E-state index contributed by atoms with van der Waals surface area (Å²) in [5.74, 6) is -3.86. The van der Waals surface area contributed by atoms with Crippen LogP contribution in [0.5, 0.6) is 0 Å². The van der Waals surface area contributed by atoms with E-state index in [9.17, 15) is 13.2 Å². The average molecular weight is 249 g/mol. The molecule has 0 saturated carbocycles. The van der Waals surface area contributed by atoms with Crippen LogP contribution in [0.1, 0.15) is 17.0 Å². The van der Waals surface area contributed by atoms with Crippen molar-refractivity contribution < 1.29 is 13.2 Å². The predicted molar refractivity (Wildman–Crippen MR) is 64.2 cm³/mol. The first-order valence-electron chi connectivity index (χ1n) is 5.33. The summed E-state index contributed by atoms with van der Waals surface area (Å²) >= 11 is 0. The first kappa shape index (κ1) is 12.4. The molecule has 0 N–H and O–H groups in total. The summed E-state index contributed by atoms with van der Waals surface area (Å²) in [6.07, 6.45) is 2.91. The first-order valence-corrected chi connectivity index (χ1v) is 5.33. The van der Waals surface area contributed by atoms with Gasteiger partial charge in [-0.1, -0.05) is 6.07 Å². The SMILES string of the molecule is Cc1cccc(/C=C/c2ccc(F)c(F)c2F)n1. The van der Waals surface area contributed by atoms with E-state index in [-0.39, 0.29) is 5.56 Å². The van der Waals surface area contributed by atoms with Gasteiger partial charge in [0.25, 0.3) is 0 Å². The van der Waals surface area contributed by atoms with E-state index in [4.69, 9.17) is 0 Å². The molecule has 1 aromatic heterocycles. The van der Waals surface area contributed by atoms with E-state index < -0.39 is 17.5 Å². The van der Waals surface area contributed by atoms with Crippen molar-refractivity contribution in [2.45, 2.75) is 6.92 Å². The van der Waals surface area contributed by atoms with Crippen molar-refractivity contribution in [1.82, 2.24) is 4.98 Å². The van der Waals surface area contributed by atoms with Crippen LogP contribution in [0.2, 0.25) is 0 Å². The van der Waals surface area contributed by atoms with Gasteiger partial charge in [0.05, 0.1) is 5.69 Å². The molecule has 1 nitrogen and oxygen atoms in total. The number of hydrogen-bond donors (Lipinski definition) is 0. The molecule has 0 aliphatic rings. The molecule has 1 heterocycles. The second kappa shape index (κ2) is 5.04. The van der Waals surface area contributed by atoms with E-state index in [1.165, 1.54) is 12.1 Å². The highest BCUT2D eigenvalue weighted by Gasteiger charge is 2.11. The zero-order valence-electron chi connectivity index (χ0n) is 9.62. The first-order chi connectivity index (χ1) is 8.58. The molecular formula is C14H10F3N. The van der Waals surface area contributed by atoms with Gasteiger partial charge >= 0.3 is 0 Å². The lowest BCUT2D eigenvalue weighted by Gasteiger charge is -1.99. The Morgan fingerprint density at radius 3 is 2.44 bits per heavy atom. The fraction of sp³-hybridized carbons (Fsp3) is 0.0714. The van der Waals surface area contributed by atoms with Gasteiger partial charge in [-0.3, -0.25) is 4.98 Å². The summed E-state index contributed by atoms with van der Waals surface area (Å²) in [5.41, 5.74) is 1.43. The Hall–Kier alpha value is -2.10. The lowest BCUT2D eigenvalue weighted by molar-refractivity contribution is 0.446. The van der Waals surface area contributed by atoms with Crippen LogP contribution in [0.4, 0.5) is 13.2 Å². The van der Waals surface area contributed by atoms with Crippen LogP contribution in [-0.4, -0.2) is 4.98 Å². The summed E-state index contributed by atoms with van der Waals surface area (Å²) in [5, 5.41) is 0. The molecule has 0 atom stereocenters. The van der Waals surface area contributed by atoms with Gasteiger partial charge in [-0.05, 0) is 43.3 Å². The number of benzene rings is 1. The highest BCUT2D eigenvalue weighted by molar-refractivity contribution is 5.68. The summed E-state index contributed by atoms with van der Waals surface area (Å²) in [6, 6.07) is 7.45. The van der Waals surface area contributed by atoms with Crippen LogP contribution in [0, 0.1) is 24.4 Å². The number of pyridine rings is 1. The molecular weight excluding hydrogens is 239 g/mol. The third kappa shape index (κ3) is 2.59. The highest BCUT2D eigenvalue weighted by atomic mass is 19.2. The summed E-state index contributed by atoms with van der Waals surface area (Å²) in [6.45, 7) is 1.83. The zero-order valence-corrected chi connectivity index (χ0v) is 9.62. The Labute approximate surface area is 103 Å². The van der Waals surface area contributed by atoms with Crippen molar-refractivity contribution in [3.63, 3.8) is 0 Å². The lowest BCUT2D eigenvalue weighted by atomic mass is 10.1. The van der Waals surface area contributed by atoms with Gasteiger partial charge in [0.15, 0.2) is 17.5 Å². The van der Waals surface area contributed by atoms with Crippen LogP contribution in [0.15, 0.2) is 30.3 Å². The summed E-state index contributed by atoms with van der Waals surface area (Å²) in [4.78, 5) is 4.18. The number of aryl methyl sites for hydroxylation is 1. The fourth-order valence-electron chi connectivity index (χ4n) is 1.50.